The molecule has 0 radical (unpaired) electrons. The summed E-state index contributed by atoms with van der Waals surface area (Å²) >= 11 is 5.68. The number of amides is 1. The van der Waals surface area contributed by atoms with E-state index in [0.717, 1.165) is 18.4 Å². The average molecular weight is 254 g/mol. The summed E-state index contributed by atoms with van der Waals surface area (Å²) in [6.45, 7) is 0.894. The maximum Gasteiger partial charge on any atom is 0.410 e. The molecule has 4 heteroatoms. The second-order valence-corrected chi connectivity index (χ2v) is 4.53. The highest BCUT2D eigenvalue weighted by atomic mass is 35.5. The summed E-state index contributed by atoms with van der Waals surface area (Å²) in [6.07, 6.45) is 1.88. The van der Waals surface area contributed by atoms with Gasteiger partial charge in [-0.2, -0.15) is 0 Å². The zero-order chi connectivity index (χ0) is 12.1. The number of carbonyl (C=O) groups is 1. The second-order valence-electron chi connectivity index (χ2n) is 4.15. The molecule has 0 saturated heterocycles. The van der Waals surface area contributed by atoms with Crippen LogP contribution in [0.5, 0.6) is 0 Å². The Morgan fingerprint density at radius 1 is 1.35 bits per heavy atom. The van der Waals surface area contributed by atoms with Gasteiger partial charge in [-0.05, 0) is 18.4 Å². The van der Waals surface area contributed by atoms with Gasteiger partial charge < -0.3 is 9.64 Å². The Morgan fingerprint density at radius 3 is 2.65 bits per heavy atom. The van der Waals surface area contributed by atoms with Gasteiger partial charge in [0.05, 0.1) is 0 Å². The van der Waals surface area contributed by atoms with E-state index >= 15 is 0 Å². The van der Waals surface area contributed by atoms with Crippen molar-refractivity contribution in [2.75, 3.05) is 12.4 Å². The molecule has 1 saturated carbocycles. The van der Waals surface area contributed by atoms with Crippen LogP contribution in [0.2, 0.25) is 0 Å². The highest BCUT2D eigenvalue weighted by Crippen LogP contribution is 2.27. The predicted octanol–water partition coefficient (Wildman–Crippen LogP) is 3.03. The number of hydrogen-bond acceptors (Lipinski definition) is 2. The predicted molar refractivity (Wildman–Crippen MR) is 67.1 cm³/mol. The average Bonchev–Trinajstić information content (AvgIpc) is 3.18. The molecule has 1 fully saturated rings. The Labute approximate surface area is 106 Å². The Hall–Kier alpha value is -1.22. The van der Waals surface area contributed by atoms with Crippen LogP contribution in [0.15, 0.2) is 30.3 Å². The van der Waals surface area contributed by atoms with Gasteiger partial charge in [-0.25, -0.2) is 4.79 Å². The summed E-state index contributed by atoms with van der Waals surface area (Å²) in [7, 11) is 0. The van der Waals surface area contributed by atoms with E-state index in [2.05, 4.69) is 0 Å². The number of carbonyl (C=O) groups excluding carboxylic acids is 1. The van der Waals surface area contributed by atoms with E-state index < -0.39 is 0 Å². The lowest BCUT2D eigenvalue weighted by atomic mass is 10.2. The smallest absolute Gasteiger partial charge is 0.410 e. The highest BCUT2D eigenvalue weighted by Gasteiger charge is 2.32. The standard InChI is InChI=1S/C13H16ClNO2/c14-8-9-15(12-6-7-12)13(16)17-10-11-4-2-1-3-5-11/h1-5,12H,6-10H2. The summed E-state index contributed by atoms with van der Waals surface area (Å²) in [5.74, 6) is 0.455. The summed E-state index contributed by atoms with van der Waals surface area (Å²) in [4.78, 5) is 13.6. The van der Waals surface area contributed by atoms with E-state index in [-0.39, 0.29) is 6.09 Å². The van der Waals surface area contributed by atoms with E-state index in [4.69, 9.17) is 16.3 Å². The number of alkyl halides is 1. The van der Waals surface area contributed by atoms with Crippen molar-refractivity contribution in [1.82, 2.24) is 4.90 Å². The minimum atomic E-state index is -0.253. The lowest BCUT2D eigenvalue weighted by molar-refractivity contribution is 0.0958. The van der Waals surface area contributed by atoms with Crippen molar-refractivity contribution in [2.24, 2.45) is 0 Å². The fraction of sp³-hybridized carbons (Fsp3) is 0.462. The molecule has 3 nitrogen and oxygen atoms in total. The van der Waals surface area contributed by atoms with Gasteiger partial charge in [-0.1, -0.05) is 30.3 Å². The molecule has 0 N–H and O–H groups in total. The van der Waals surface area contributed by atoms with E-state index in [1.54, 1.807) is 4.90 Å². The summed E-state index contributed by atoms with van der Waals surface area (Å²) in [5.41, 5.74) is 1.00. The number of nitrogens with zero attached hydrogens (tertiary/aromatic N) is 1. The fourth-order valence-corrected chi connectivity index (χ4v) is 1.88. The van der Waals surface area contributed by atoms with Crippen molar-refractivity contribution in [1.29, 1.82) is 0 Å². The lowest BCUT2D eigenvalue weighted by Gasteiger charge is -2.20. The van der Waals surface area contributed by atoms with Gasteiger partial charge in [0.25, 0.3) is 0 Å². The summed E-state index contributed by atoms with van der Waals surface area (Å²) in [6, 6.07) is 10.0. The van der Waals surface area contributed by atoms with Crippen LogP contribution in [0.3, 0.4) is 0 Å². The van der Waals surface area contributed by atoms with Gasteiger partial charge >= 0.3 is 6.09 Å². The fourth-order valence-electron chi connectivity index (χ4n) is 1.70. The van der Waals surface area contributed by atoms with Crippen molar-refractivity contribution in [2.45, 2.75) is 25.5 Å². The minimum Gasteiger partial charge on any atom is -0.445 e. The van der Waals surface area contributed by atoms with Crippen LogP contribution in [-0.2, 0) is 11.3 Å². The minimum absolute atomic E-state index is 0.253. The Kier molecular flexibility index (Phi) is 4.26. The SMILES string of the molecule is O=C(OCc1ccccc1)N(CCCl)C1CC1. The van der Waals surface area contributed by atoms with E-state index in [0.29, 0.717) is 25.1 Å². The number of ether oxygens (including phenoxy) is 1. The van der Waals surface area contributed by atoms with Gasteiger partial charge in [-0.15, -0.1) is 11.6 Å². The quantitative estimate of drug-likeness (QED) is 0.755. The van der Waals surface area contributed by atoms with Crippen molar-refractivity contribution < 1.29 is 9.53 Å². The van der Waals surface area contributed by atoms with Gasteiger partial charge in [-0.3, -0.25) is 0 Å². The van der Waals surface area contributed by atoms with E-state index in [1.165, 1.54) is 0 Å². The molecule has 0 aromatic heterocycles. The molecule has 0 atom stereocenters. The highest BCUT2D eigenvalue weighted by molar-refractivity contribution is 6.18. The molecule has 0 spiro atoms. The van der Waals surface area contributed by atoms with Gasteiger partial charge in [0.1, 0.15) is 6.61 Å². The van der Waals surface area contributed by atoms with Crippen molar-refractivity contribution in [3.8, 4) is 0 Å². The number of hydrogen-bond donors (Lipinski definition) is 0. The molecule has 17 heavy (non-hydrogen) atoms. The van der Waals surface area contributed by atoms with E-state index in [1.807, 2.05) is 30.3 Å². The maximum atomic E-state index is 11.8. The third-order valence-electron chi connectivity index (χ3n) is 2.75. The van der Waals surface area contributed by atoms with Gasteiger partial charge in [0.15, 0.2) is 0 Å². The number of benzene rings is 1. The molecule has 92 valence electrons. The molecule has 1 aromatic rings. The molecule has 0 bridgehead atoms. The normalized spacial score (nSPS) is 14.4. The van der Waals surface area contributed by atoms with Crippen molar-refractivity contribution in [3.63, 3.8) is 0 Å². The van der Waals surface area contributed by atoms with Crippen LogP contribution in [0.25, 0.3) is 0 Å². The molecule has 1 aromatic carbocycles. The monoisotopic (exact) mass is 253 g/mol. The first-order valence-corrected chi connectivity index (χ1v) is 6.38. The molecular weight excluding hydrogens is 238 g/mol. The zero-order valence-corrected chi connectivity index (χ0v) is 10.4. The molecule has 2 rings (SSSR count). The Bertz CT molecular complexity index is 365. The van der Waals surface area contributed by atoms with Gasteiger partial charge in [0, 0.05) is 18.5 Å². The van der Waals surface area contributed by atoms with Crippen LogP contribution in [0.1, 0.15) is 18.4 Å². The van der Waals surface area contributed by atoms with Crippen molar-refractivity contribution >= 4 is 17.7 Å². The first kappa shape index (κ1) is 12.2. The summed E-state index contributed by atoms with van der Waals surface area (Å²) < 4.78 is 5.27. The Morgan fingerprint density at radius 2 is 2.06 bits per heavy atom. The van der Waals surface area contributed by atoms with E-state index in [9.17, 15) is 4.79 Å². The molecule has 1 amide bonds. The second kappa shape index (κ2) is 5.92. The molecule has 0 unspecified atom stereocenters. The topological polar surface area (TPSA) is 29.5 Å². The number of halogens is 1. The zero-order valence-electron chi connectivity index (χ0n) is 9.64. The van der Waals surface area contributed by atoms with Crippen molar-refractivity contribution in [3.05, 3.63) is 35.9 Å². The summed E-state index contributed by atoms with van der Waals surface area (Å²) in [5, 5.41) is 0. The lowest BCUT2D eigenvalue weighted by Crippen LogP contribution is -2.35. The van der Waals surface area contributed by atoms with Crippen LogP contribution in [-0.4, -0.2) is 29.5 Å². The van der Waals surface area contributed by atoms with Crippen LogP contribution in [0, 0.1) is 0 Å². The molecular formula is C13H16ClNO2. The van der Waals surface area contributed by atoms with Gasteiger partial charge in [0.2, 0.25) is 0 Å². The molecule has 1 aliphatic rings. The third kappa shape index (κ3) is 3.63. The maximum absolute atomic E-state index is 11.8. The van der Waals surface area contributed by atoms with Crippen LogP contribution >= 0.6 is 11.6 Å². The number of rotatable bonds is 5. The Balaban J connectivity index is 1.83. The molecule has 0 aliphatic heterocycles. The first-order chi connectivity index (χ1) is 8.31. The largest absolute Gasteiger partial charge is 0.445 e. The first-order valence-electron chi connectivity index (χ1n) is 5.84. The molecule has 1 aliphatic carbocycles. The molecule has 0 heterocycles. The van der Waals surface area contributed by atoms with Crippen LogP contribution in [0.4, 0.5) is 4.79 Å². The third-order valence-corrected chi connectivity index (χ3v) is 2.92. The van der Waals surface area contributed by atoms with Crippen LogP contribution < -0.4 is 0 Å².